The van der Waals surface area contributed by atoms with Gasteiger partial charge in [-0.3, -0.25) is 9.78 Å². The molecule has 4 nitrogen and oxygen atoms in total. The molecule has 1 amide bonds. The van der Waals surface area contributed by atoms with Crippen LogP contribution in [0.2, 0.25) is 5.02 Å². The molecule has 0 saturated carbocycles. The number of carbonyl (C=O) groups is 1. The van der Waals surface area contributed by atoms with E-state index in [1.165, 1.54) is 12.3 Å². The lowest BCUT2D eigenvalue weighted by Gasteiger charge is -2.36. The minimum absolute atomic E-state index is 0.158. The van der Waals surface area contributed by atoms with Crippen molar-refractivity contribution in [1.29, 1.82) is 0 Å². The number of benzene rings is 1. The number of aryl methyl sites for hydroxylation is 1. The fourth-order valence-electron chi connectivity index (χ4n) is 2.11. The number of alkyl halides is 1. The fourth-order valence-corrected chi connectivity index (χ4v) is 2.29. The van der Waals surface area contributed by atoms with Crippen LogP contribution in [-0.4, -0.2) is 41.0 Å². The first-order valence-corrected chi connectivity index (χ1v) is 8.20. The molecule has 3 rings (SSSR count). The average Bonchev–Trinajstić information content (AvgIpc) is 2.78. The maximum Gasteiger partial charge on any atom is 0.253 e. The first-order valence-electron chi connectivity index (χ1n) is 12.8. The number of likely N-dealkylation sites (tertiary alicyclic amines) is 1. The first-order chi connectivity index (χ1) is 16.7. The van der Waals surface area contributed by atoms with Crippen molar-refractivity contribution in [2.75, 3.05) is 19.5 Å². The molecule has 1 aromatic carbocycles. The van der Waals surface area contributed by atoms with E-state index in [0.29, 0.717) is 12.1 Å². The number of hydrogen-bond donors (Lipinski definition) is 1. The molecule has 27 heavy (non-hydrogen) atoms. The van der Waals surface area contributed by atoms with Gasteiger partial charge < -0.3 is 10.2 Å². The summed E-state index contributed by atoms with van der Waals surface area (Å²) in [6.07, 6.45) is -6.96. The Morgan fingerprint density at radius 3 is 2.78 bits per heavy atom. The summed E-state index contributed by atoms with van der Waals surface area (Å²) in [6, 6.07) is 5.23. The lowest BCUT2D eigenvalue weighted by atomic mass is 9.92. The van der Waals surface area contributed by atoms with Crippen molar-refractivity contribution in [3.05, 3.63) is 64.2 Å². The van der Waals surface area contributed by atoms with Gasteiger partial charge in [0.2, 0.25) is 0 Å². The van der Waals surface area contributed by atoms with Crippen molar-refractivity contribution >= 4 is 17.5 Å². The monoisotopic (exact) mass is 403 g/mol. The van der Waals surface area contributed by atoms with Crippen LogP contribution in [0, 0.1) is 12.7 Å². The van der Waals surface area contributed by atoms with Gasteiger partial charge in [0.1, 0.15) is 11.5 Å². The highest BCUT2D eigenvalue weighted by Crippen LogP contribution is 2.27. The van der Waals surface area contributed by atoms with Gasteiger partial charge in [0, 0.05) is 64.2 Å². The second kappa shape index (κ2) is 8.31. The zero-order chi connectivity index (χ0) is 28.4. The zero-order valence-corrected chi connectivity index (χ0v) is 14.9. The van der Waals surface area contributed by atoms with Gasteiger partial charge >= 0.3 is 0 Å². The highest BCUT2D eigenvalue weighted by molar-refractivity contribution is 6.31. The maximum absolute atomic E-state index is 16.7. The van der Waals surface area contributed by atoms with E-state index in [0.717, 1.165) is 11.6 Å². The van der Waals surface area contributed by atoms with Gasteiger partial charge in [-0.1, -0.05) is 17.7 Å². The Balaban J connectivity index is 2.13. The van der Waals surface area contributed by atoms with E-state index in [4.69, 9.17) is 25.3 Å². The third kappa shape index (κ3) is 5.02. The van der Waals surface area contributed by atoms with Gasteiger partial charge in [0.05, 0.1) is 10.7 Å². The number of rotatable bonds is 5. The molecular formula is C20H22ClF2N3O. The lowest BCUT2D eigenvalue weighted by Crippen LogP contribution is -2.48. The number of piperidine rings is 1. The van der Waals surface area contributed by atoms with Crippen LogP contribution in [0.5, 0.6) is 0 Å². The molecule has 2 heterocycles. The van der Waals surface area contributed by atoms with Crippen LogP contribution < -0.4 is 5.32 Å². The molecule has 1 fully saturated rings. The van der Waals surface area contributed by atoms with Crippen LogP contribution in [0.4, 0.5) is 8.78 Å². The van der Waals surface area contributed by atoms with Gasteiger partial charge in [0.15, 0.2) is 0 Å². The Kier molecular flexibility index (Phi) is 3.23. The molecule has 2 aromatic rings. The number of aromatic nitrogens is 1. The molecular weight excluding hydrogens is 372 g/mol. The van der Waals surface area contributed by atoms with Gasteiger partial charge in [0.25, 0.3) is 5.91 Å². The molecule has 0 atom stereocenters. The van der Waals surface area contributed by atoms with Crippen LogP contribution in [-0.2, 0) is 6.54 Å². The molecule has 144 valence electrons. The molecule has 1 aliphatic rings. The van der Waals surface area contributed by atoms with Crippen molar-refractivity contribution in [2.45, 2.75) is 31.9 Å². The molecule has 1 N–H and O–H groups in total. The van der Waals surface area contributed by atoms with Crippen molar-refractivity contribution in [3.8, 4) is 0 Å². The number of halogens is 3. The predicted octanol–water partition coefficient (Wildman–Crippen LogP) is 3.92. The minimum Gasteiger partial charge on any atom is -0.338 e. The molecule has 0 spiro atoms. The number of nitrogens with zero attached hydrogens (tertiary/aromatic N) is 2. The molecule has 1 saturated heterocycles. The molecule has 0 unspecified atom stereocenters. The van der Waals surface area contributed by atoms with E-state index in [9.17, 15) is 9.18 Å². The van der Waals surface area contributed by atoms with Gasteiger partial charge in [-0.2, -0.15) is 0 Å². The summed E-state index contributed by atoms with van der Waals surface area (Å²) in [7, 11) is 0. The van der Waals surface area contributed by atoms with Crippen molar-refractivity contribution in [3.63, 3.8) is 0 Å². The Hall–Kier alpha value is -2.05. The highest BCUT2D eigenvalue weighted by Gasteiger charge is 2.35. The fraction of sp³-hybridized carbons (Fsp3) is 0.400. The first kappa shape index (κ1) is 10.5. The average molecular weight is 404 g/mol. The molecule has 7 heteroatoms. The Labute approximate surface area is 176 Å². The number of hydrogen-bond acceptors (Lipinski definition) is 3. The maximum atomic E-state index is 16.7. The van der Waals surface area contributed by atoms with E-state index in [1.54, 1.807) is 13.0 Å². The van der Waals surface area contributed by atoms with Gasteiger partial charge in [-0.25, -0.2) is 8.78 Å². The van der Waals surface area contributed by atoms with E-state index in [2.05, 4.69) is 4.98 Å². The Morgan fingerprint density at radius 1 is 1.41 bits per heavy atom. The number of nitrogens with one attached hydrogen (secondary N) is 1. The summed E-state index contributed by atoms with van der Waals surface area (Å²) in [5, 5.41) is 1.39. The largest absolute Gasteiger partial charge is 0.338 e. The molecule has 0 bridgehead atoms. The van der Waals surface area contributed by atoms with Crippen LogP contribution in [0.1, 0.15) is 48.1 Å². The SMILES string of the molecule is [2H]C([2H])(NCc1ccc(C)cn1)C1(F)C([2H])([2H])C([2H])([2H])N(C(=O)c2ccc(F)c(Cl)c2)C([2H])([2H])C1([2H])[2H]. The molecule has 0 radical (unpaired) electrons. The van der Waals surface area contributed by atoms with E-state index < -0.39 is 71.7 Å². The molecule has 0 aliphatic carbocycles. The normalized spacial score (nSPS) is 29.9. The van der Waals surface area contributed by atoms with E-state index in [-0.39, 0.29) is 5.69 Å². The second-order valence-corrected chi connectivity index (χ2v) is 6.11. The van der Waals surface area contributed by atoms with Crippen LogP contribution >= 0.6 is 11.6 Å². The Bertz CT molecular complexity index is 1190. The summed E-state index contributed by atoms with van der Waals surface area (Å²) in [5.74, 6) is -2.64. The summed E-state index contributed by atoms with van der Waals surface area (Å²) in [4.78, 5) is 16.7. The third-order valence-corrected chi connectivity index (χ3v) is 3.84. The number of amides is 1. The van der Waals surface area contributed by atoms with Gasteiger partial charge in [-0.05, 0) is 36.8 Å². The number of pyridine rings is 1. The highest BCUT2D eigenvalue weighted by atomic mass is 35.5. The van der Waals surface area contributed by atoms with Crippen LogP contribution in [0.25, 0.3) is 0 Å². The smallest absolute Gasteiger partial charge is 0.253 e. The van der Waals surface area contributed by atoms with Crippen molar-refractivity contribution < 1.29 is 27.3 Å². The molecule has 1 aromatic heterocycles. The minimum atomic E-state index is -4.55. The van der Waals surface area contributed by atoms with Crippen LogP contribution in [0.15, 0.2) is 36.5 Å². The summed E-state index contributed by atoms with van der Waals surface area (Å²) in [5.41, 5.74) is -4.28. The van der Waals surface area contributed by atoms with Gasteiger partial charge in [-0.15, -0.1) is 0 Å². The summed E-state index contributed by atoms with van der Waals surface area (Å²) in [6.45, 7) is -10.5. The van der Waals surface area contributed by atoms with E-state index in [1.807, 2.05) is 5.32 Å². The third-order valence-electron chi connectivity index (χ3n) is 3.55. The summed E-state index contributed by atoms with van der Waals surface area (Å²) < 4.78 is 113. The topological polar surface area (TPSA) is 45.2 Å². The molecule has 1 aliphatic heterocycles. The predicted molar refractivity (Wildman–Crippen MR) is 101 cm³/mol. The van der Waals surface area contributed by atoms with E-state index >= 15 is 4.39 Å². The summed E-state index contributed by atoms with van der Waals surface area (Å²) >= 11 is 5.65. The zero-order valence-electron chi connectivity index (χ0n) is 24.1. The quantitative estimate of drug-likeness (QED) is 0.823. The van der Waals surface area contributed by atoms with Crippen LogP contribution in [0.3, 0.4) is 0 Å². The van der Waals surface area contributed by atoms with Crippen molar-refractivity contribution in [2.24, 2.45) is 0 Å². The standard InChI is InChI=1S/C20H22ClF2N3O/c1-14-2-4-16(25-11-14)12-24-13-20(23)6-8-26(9-7-20)19(27)15-3-5-18(22)17(21)10-15/h2-5,10-11,24H,6-9,12-13H2,1H3/i6D2,7D2,8D2,9D2,13D2. The lowest BCUT2D eigenvalue weighted by molar-refractivity contribution is 0.0434. The second-order valence-electron chi connectivity index (χ2n) is 5.71. The number of carbonyl (C=O) groups excluding carboxylic acids is 1. The van der Waals surface area contributed by atoms with Crippen molar-refractivity contribution in [1.82, 2.24) is 15.2 Å². The Morgan fingerprint density at radius 2 is 2.15 bits per heavy atom.